The maximum Gasteiger partial charge on any atom is 0.157 e. The maximum absolute atomic E-state index is 12.3. The molecule has 1 rings (SSSR count). The average molecular weight is 317 g/mol. The van der Waals surface area contributed by atoms with Crippen LogP contribution in [-0.2, 0) is 9.59 Å². The van der Waals surface area contributed by atoms with E-state index in [9.17, 15) is 9.59 Å². The molecule has 3 heteroatoms. The maximum atomic E-state index is 12.3. The van der Waals surface area contributed by atoms with Gasteiger partial charge >= 0.3 is 0 Å². The first-order valence-electron chi connectivity index (χ1n) is 7.07. The molecule has 1 saturated carbocycles. The van der Waals surface area contributed by atoms with Crippen LogP contribution in [0.25, 0.3) is 0 Å². The van der Waals surface area contributed by atoms with Gasteiger partial charge in [0.2, 0.25) is 0 Å². The molecule has 0 radical (unpaired) electrons. The Morgan fingerprint density at radius 2 is 1.61 bits per heavy atom. The van der Waals surface area contributed by atoms with Crippen LogP contribution in [0.2, 0.25) is 0 Å². The zero-order chi connectivity index (χ0) is 13.8. The first-order chi connectivity index (χ1) is 8.36. The fourth-order valence-electron chi connectivity index (χ4n) is 2.52. The van der Waals surface area contributed by atoms with Crippen molar-refractivity contribution >= 4 is 27.5 Å². The fourth-order valence-corrected chi connectivity index (χ4v) is 3.14. The van der Waals surface area contributed by atoms with Crippen LogP contribution >= 0.6 is 15.9 Å². The quantitative estimate of drug-likeness (QED) is 0.493. The molecule has 18 heavy (non-hydrogen) atoms. The van der Waals surface area contributed by atoms with Crippen molar-refractivity contribution in [1.82, 2.24) is 0 Å². The molecule has 1 fully saturated rings. The molecular formula is C15H25BrO2. The minimum Gasteiger partial charge on any atom is -0.298 e. The van der Waals surface area contributed by atoms with Gasteiger partial charge in [-0.25, -0.2) is 0 Å². The van der Waals surface area contributed by atoms with E-state index >= 15 is 0 Å². The number of Topliss-reactive ketones (excluding diaryl/α,β-unsaturated/α-hetero) is 2. The molecule has 0 spiro atoms. The Bertz CT molecular complexity index is 310. The second-order valence-corrected chi connectivity index (χ2v) is 7.12. The predicted octanol–water partition coefficient (Wildman–Crippen LogP) is 4.29. The molecule has 2 atom stereocenters. The molecule has 0 saturated heterocycles. The van der Waals surface area contributed by atoms with E-state index in [0.29, 0.717) is 6.42 Å². The summed E-state index contributed by atoms with van der Waals surface area (Å²) in [6, 6.07) is 0. The van der Waals surface area contributed by atoms with Crippen molar-refractivity contribution in [3.05, 3.63) is 0 Å². The van der Waals surface area contributed by atoms with Crippen LogP contribution < -0.4 is 0 Å². The molecule has 0 aromatic carbocycles. The Morgan fingerprint density at radius 3 is 2.28 bits per heavy atom. The van der Waals surface area contributed by atoms with Crippen molar-refractivity contribution in [3.63, 3.8) is 0 Å². The highest BCUT2D eigenvalue weighted by molar-refractivity contribution is 9.10. The van der Waals surface area contributed by atoms with Gasteiger partial charge in [-0.15, -0.1) is 0 Å². The van der Waals surface area contributed by atoms with Crippen molar-refractivity contribution in [2.24, 2.45) is 11.3 Å². The third kappa shape index (κ3) is 4.18. The molecule has 104 valence electrons. The van der Waals surface area contributed by atoms with Gasteiger partial charge in [0.25, 0.3) is 0 Å². The van der Waals surface area contributed by atoms with Gasteiger partial charge in [-0.3, -0.25) is 9.59 Å². The summed E-state index contributed by atoms with van der Waals surface area (Å²) in [5, 5.41) is 0. The number of alkyl halides is 1. The van der Waals surface area contributed by atoms with Gasteiger partial charge in [0.15, 0.2) is 11.6 Å². The second kappa shape index (κ2) is 6.83. The zero-order valence-electron chi connectivity index (χ0n) is 11.8. The van der Waals surface area contributed by atoms with Crippen LogP contribution in [0.3, 0.4) is 0 Å². The van der Waals surface area contributed by atoms with E-state index in [1.165, 1.54) is 19.3 Å². The van der Waals surface area contributed by atoms with E-state index < -0.39 is 4.83 Å². The summed E-state index contributed by atoms with van der Waals surface area (Å²) in [4.78, 5) is 23.7. The monoisotopic (exact) mass is 316 g/mol. The third-order valence-electron chi connectivity index (χ3n) is 4.38. The lowest BCUT2D eigenvalue weighted by atomic mass is 9.73. The van der Waals surface area contributed by atoms with Gasteiger partial charge in [-0.2, -0.15) is 0 Å². The Labute approximate surface area is 119 Å². The summed E-state index contributed by atoms with van der Waals surface area (Å²) < 4.78 is 0. The molecule has 1 aliphatic carbocycles. The van der Waals surface area contributed by atoms with E-state index in [2.05, 4.69) is 29.8 Å². The molecule has 0 heterocycles. The first-order valence-corrected chi connectivity index (χ1v) is 7.98. The Hall–Kier alpha value is -0.180. The average Bonchev–Trinajstić information content (AvgIpc) is 2.33. The SMILES string of the molecule is CC1C(=O)C(Br)C(=O)CCCCCCCC1(C)C. The normalized spacial score (nSPS) is 31.6. The molecule has 0 aliphatic heterocycles. The Kier molecular flexibility index (Phi) is 6.03. The van der Waals surface area contributed by atoms with Crippen LogP contribution in [-0.4, -0.2) is 16.4 Å². The van der Waals surface area contributed by atoms with Gasteiger partial charge in [0, 0.05) is 12.3 Å². The lowest BCUT2D eigenvalue weighted by molar-refractivity contribution is -0.130. The zero-order valence-corrected chi connectivity index (χ0v) is 13.4. The number of carbonyl (C=O) groups excluding carboxylic acids is 2. The van der Waals surface area contributed by atoms with E-state index in [1.54, 1.807) is 0 Å². The molecule has 0 aromatic rings. The van der Waals surface area contributed by atoms with Crippen LogP contribution in [0.4, 0.5) is 0 Å². The fraction of sp³-hybridized carbons (Fsp3) is 0.867. The standard InChI is InChI=1S/C15H25BrO2/c1-11-14(18)13(16)12(17)9-7-5-4-6-8-10-15(11,2)3/h11,13H,4-10H2,1-3H3. The van der Waals surface area contributed by atoms with E-state index in [-0.39, 0.29) is 22.9 Å². The van der Waals surface area contributed by atoms with Gasteiger partial charge in [0.05, 0.1) is 0 Å². The van der Waals surface area contributed by atoms with Crippen LogP contribution in [0.5, 0.6) is 0 Å². The number of hydrogen-bond acceptors (Lipinski definition) is 2. The van der Waals surface area contributed by atoms with Crippen LogP contribution in [0, 0.1) is 11.3 Å². The molecule has 0 bridgehead atoms. The summed E-state index contributed by atoms with van der Waals surface area (Å²) in [7, 11) is 0. The van der Waals surface area contributed by atoms with Gasteiger partial charge in [-0.05, 0) is 18.3 Å². The smallest absolute Gasteiger partial charge is 0.157 e. The second-order valence-electron chi connectivity index (χ2n) is 6.21. The number of carbonyl (C=O) groups is 2. The highest BCUT2D eigenvalue weighted by Gasteiger charge is 2.36. The van der Waals surface area contributed by atoms with E-state index in [1.807, 2.05) is 6.92 Å². The number of ketones is 2. The van der Waals surface area contributed by atoms with Crippen molar-refractivity contribution in [1.29, 1.82) is 0 Å². The van der Waals surface area contributed by atoms with E-state index in [0.717, 1.165) is 19.3 Å². The van der Waals surface area contributed by atoms with Crippen LogP contribution in [0.1, 0.15) is 65.7 Å². The topological polar surface area (TPSA) is 34.1 Å². The van der Waals surface area contributed by atoms with Gasteiger partial charge in [0.1, 0.15) is 4.83 Å². The third-order valence-corrected chi connectivity index (χ3v) is 5.34. The predicted molar refractivity (Wildman–Crippen MR) is 78.0 cm³/mol. The van der Waals surface area contributed by atoms with Gasteiger partial charge < -0.3 is 0 Å². The molecular weight excluding hydrogens is 292 g/mol. The molecule has 0 aromatic heterocycles. The summed E-state index contributed by atoms with van der Waals surface area (Å²) in [5.41, 5.74) is -0.0113. The summed E-state index contributed by atoms with van der Waals surface area (Å²) in [6.45, 7) is 6.26. The highest BCUT2D eigenvalue weighted by atomic mass is 79.9. The largest absolute Gasteiger partial charge is 0.298 e. The van der Waals surface area contributed by atoms with Crippen LogP contribution in [0.15, 0.2) is 0 Å². The molecule has 0 amide bonds. The Morgan fingerprint density at radius 1 is 1.06 bits per heavy atom. The molecule has 1 aliphatic rings. The van der Waals surface area contributed by atoms with E-state index in [4.69, 9.17) is 0 Å². The number of hydrogen-bond donors (Lipinski definition) is 0. The number of halogens is 1. The Balaban J connectivity index is 2.81. The highest BCUT2D eigenvalue weighted by Crippen LogP contribution is 2.35. The lowest BCUT2D eigenvalue weighted by Crippen LogP contribution is -2.37. The summed E-state index contributed by atoms with van der Waals surface area (Å²) >= 11 is 3.30. The first kappa shape index (κ1) is 15.9. The molecule has 2 nitrogen and oxygen atoms in total. The summed E-state index contributed by atoms with van der Waals surface area (Å²) in [5.74, 6) is 0.0547. The van der Waals surface area contributed by atoms with Gasteiger partial charge in [-0.1, -0.05) is 62.4 Å². The molecule has 2 unspecified atom stereocenters. The minimum absolute atomic E-state index is 0.0113. The van der Waals surface area contributed by atoms with Crippen molar-refractivity contribution in [3.8, 4) is 0 Å². The van der Waals surface area contributed by atoms with Crippen molar-refractivity contribution in [2.45, 2.75) is 70.5 Å². The number of rotatable bonds is 0. The summed E-state index contributed by atoms with van der Waals surface area (Å²) in [6.07, 6.45) is 7.24. The lowest BCUT2D eigenvalue weighted by Gasteiger charge is -2.32. The molecule has 0 N–H and O–H groups in total. The minimum atomic E-state index is -0.591. The van der Waals surface area contributed by atoms with Crippen molar-refractivity contribution < 1.29 is 9.59 Å². The van der Waals surface area contributed by atoms with Crippen molar-refractivity contribution in [2.75, 3.05) is 0 Å².